The van der Waals surface area contributed by atoms with Gasteiger partial charge in [-0.3, -0.25) is 38.4 Å². The molecular formula is C69H85N3O28. The molecule has 0 radical (unpaired) electrons. The minimum absolute atomic E-state index is 0.0521. The van der Waals surface area contributed by atoms with Crippen LogP contribution in [0.5, 0.6) is 0 Å². The number of aliphatic hydroxyl groups is 9. The molecule has 3 aliphatic carbocycles. The number of hydrogen-bond acceptors (Lipinski definition) is 28. The Bertz CT molecular complexity index is 3540. The van der Waals surface area contributed by atoms with E-state index in [9.17, 15) is 84.3 Å². The zero-order valence-corrected chi connectivity index (χ0v) is 55.6. The first-order chi connectivity index (χ1) is 47.3. The summed E-state index contributed by atoms with van der Waals surface area (Å²) in [5.74, 6) is -12.1. The molecule has 3 aliphatic heterocycles. The topological polar surface area (TPSA) is 472 Å². The Morgan fingerprint density at radius 1 is 0.630 bits per heavy atom. The molecule has 3 amide bonds. The molecule has 9 rings (SSSR count). The van der Waals surface area contributed by atoms with Crippen molar-refractivity contribution in [3.8, 4) is 0 Å². The second-order valence-electron chi connectivity index (χ2n) is 26.6. The van der Waals surface area contributed by atoms with Gasteiger partial charge in [-0.1, -0.05) is 80.6 Å². The highest BCUT2D eigenvalue weighted by molar-refractivity contribution is 5.97. The van der Waals surface area contributed by atoms with Gasteiger partial charge >= 0.3 is 35.8 Å². The highest BCUT2D eigenvalue weighted by Gasteiger charge is 2.79. The number of fused-ring (bicyclic) bond motifs is 5. The molecule has 0 spiro atoms. The molecule has 3 heterocycles. The Morgan fingerprint density at radius 3 is 1.65 bits per heavy atom. The van der Waals surface area contributed by atoms with Gasteiger partial charge in [0, 0.05) is 63.4 Å². The van der Waals surface area contributed by atoms with Gasteiger partial charge in [0.05, 0.1) is 36.7 Å². The first-order valence-corrected chi connectivity index (χ1v) is 32.8. The molecule has 3 saturated heterocycles. The molecule has 3 aromatic carbocycles. The van der Waals surface area contributed by atoms with Crippen molar-refractivity contribution in [2.75, 3.05) is 19.8 Å². The third kappa shape index (κ3) is 15.4. The van der Waals surface area contributed by atoms with Gasteiger partial charge < -0.3 is 105 Å². The van der Waals surface area contributed by atoms with E-state index in [4.69, 9.17) is 42.6 Å². The van der Waals surface area contributed by atoms with Crippen molar-refractivity contribution in [1.82, 2.24) is 16.0 Å². The van der Waals surface area contributed by atoms with Gasteiger partial charge in [-0.2, -0.15) is 0 Å². The number of Topliss-reactive ketones (excluding diaryl/α,β-unsaturated/α-hetero) is 1. The predicted octanol–water partition coefficient (Wildman–Crippen LogP) is -0.990. The second-order valence-corrected chi connectivity index (χ2v) is 26.6. The maximum atomic E-state index is 16.6. The molecule has 31 heteroatoms. The number of benzene rings is 3. The lowest BCUT2D eigenvalue weighted by Gasteiger charge is -2.67. The number of ketones is 1. The van der Waals surface area contributed by atoms with Crippen molar-refractivity contribution in [1.29, 1.82) is 0 Å². The number of carbonyl (C=O) groups is 10. The minimum atomic E-state index is -2.72. The number of rotatable bonds is 24. The van der Waals surface area contributed by atoms with E-state index in [2.05, 4.69) is 16.0 Å². The summed E-state index contributed by atoms with van der Waals surface area (Å²) in [5.41, 5.74) is -9.25. The molecule has 12 N–H and O–H groups in total. The Labute approximate surface area is 573 Å². The van der Waals surface area contributed by atoms with E-state index in [1.807, 2.05) is 0 Å². The molecule has 2 saturated carbocycles. The van der Waals surface area contributed by atoms with Gasteiger partial charge in [-0.05, 0) is 67.7 Å². The molecule has 31 nitrogen and oxygen atoms in total. The first-order valence-electron chi connectivity index (χ1n) is 32.8. The van der Waals surface area contributed by atoms with E-state index >= 15 is 9.59 Å². The zero-order valence-electron chi connectivity index (χ0n) is 55.6. The van der Waals surface area contributed by atoms with Gasteiger partial charge in [-0.15, -0.1) is 0 Å². The van der Waals surface area contributed by atoms with Crippen LogP contribution < -0.4 is 16.0 Å². The summed E-state index contributed by atoms with van der Waals surface area (Å²) in [7, 11) is 0. The standard InChI is InChI=1S/C69H85N3O28/c1-33-39(96-65(90)57(49(36-18-10-7-11-19-36)72-61(88)37-20-12-8-13-21-37)98-47(80)27-17-25-45(78)71-63-55(86)53(84)51(82)41(31-74)95-63)29-69(91)60(99-64(89)38-22-14-9-15-23-38)58-67(6,59(87)56(93-34(2)75)48(33)66(69,4)5)42(28-43-68(58,32-92-43)100-35(3)76)97-46(79)26-16-24-44(77)70-62-54(85)52(83)50(81)40(30-73)94-62/h7-15,18-23,39-43,49-58,60,62-63,73-74,81-86,91H,16-17,24-32H2,1-6H3,(H,70,77)(H,71,78)(H,72,88)/t39-,40+,41+,42-,43+,49-,50+,51+,52-,53-,54+,55+,56+,57+,58?,60-,62+,63+,67+,68-,69+/m0/s1. The Morgan fingerprint density at radius 2 is 1.15 bits per heavy atom. The summed E-state index contributed by atoms with van der Waals surface area (Å²) in [6, 6.07) is 21.2. The number of aliphatic hydroxyl groups excluding tert-OH is 8. The van der Waals surface area contributed by atoms with Crippen LogP contribution in [0.1, 0.15) is 125 Å². The fourth-order valence-electron chi connectivity index (χ4n) is 14.5. The fourth-order valence-corrected chi connectivity index (χ4v) is 14.5. The lowest BCUT2D eigenvalue weighted by Crippen LogP contribution is -2.82. The Hall–Kier alpha value is -8.18. The third-order valence-electron chi connectivity index (χ3n) is 19.9. The van der Waals surface area contributed by atoms with E-state index in [1.54, 1.807) is 42.5 Å². The van der Waals surface area contributed by atoms with Crippen molar-refractivity contribution in [3.05, 3.63) is 119 Å². The number of amides is 3. The van der Waals surface area contributed by atoms with Gasteiger partial charge in [0.2, 0.25) is 17.9 Å². The van der Waals surface area contributed by atoms with Crippen LogP contribution in [0.25, 0.3) is 0 Å². The maximum Gasteiger partial charge on any atom is 0.350 e. The lowest BCUT2D eigenvalue weighted by atomic mass is 9.44. The van der Waals surface area contributed by atoms with Gasteiger partial charge in [0.25, 0.3) is 5.91 Å². The molecule has 100 heavy (non-hydrogen) atoms. The summed E-state index contributed by atoms with van der Waals surface area (Å²) in [5, 5.41) is 103. The maximum absolute atomic E-state index is 16.6. The molecule has 5 fully saturated rings. The average Bonchev–Trinajstić information content (AvgIpc) is 0.668. The predicted molar refractivity (Wildman–Crippen MR) is 337 cm³/mol. The summed E-state index contributed by atoms with van der Waals surface area (Å²) in [4.78, 5) is 144. The molecule has 6 aliphatic rings. The fraction of sp³-hybridized carbons (Fsp3) is 0.565. The molecule has 2 bridgehead atoms. The van der Waals surface area contributed by atoms with Gasteiger partial charge in [0.1, 0.15) is 84.9 Å². The Balaban J connectivity index is 1.10. The zero-order chi connectivity index (χ0) is 72.9. The molecule has 544 valence electrons. The van der Waals surface area contributed by atoms with E-state index in [1.165, 1.54) is 76.2 Å². The molecular weight excluding hydrogens is 1320 g/mol. The highest BCUT2D eigenvalue weighted by Crippen LogP contribution is 2.65. The number of nitrogens with one attached hydrogen (secondary N) is 3. The van der Waals surface area contributed by atoms with Crippen molar-refractivity contribution in [2.45, 2.75) is 208 Å². The van der Waals surface area contributed by atoms with Crippen LogP contribution in [0.15, 0.2) is 102 Å². The molecule has 0 aromatic heterocycles. The summed E-state index contributed by atoms with van der Waals surface area (Å²) < 4.78 is 54.6. The summed E-state index contributed by atoms with van der Waals surface area (Å²) in [6.07, 6.45) is -31.8. The average molecular weight is 1400 g/mol. The van der Waals surface area contributed by atoms with Crippen LogP contribution in [-0.2, 0) is 81.0 Å². The van der Waals surface area contributed by atoms with Gasteiger partial charge in [0.15, 0.2) is 29.9 Å². The molecule has 1 unspecified atom stereocenters. The van der Waals surface area contributed by atoms with Crippen molar-refractivity contribution >= 4 is 59.3 Å². The summed E-state index contributed by atoms with van der Waals surface area (Å²) >= 11 is 0. The first kappa shape index (κ1) is 76.0. The van der Waals surface area contributed by atoms with E-state index in [0.29, 0.717) is 0 Å². The van der Waals surface area contributed by atoms with E-state index < -0.39 is 250 Å². The molecule has 3 aromatic rings. The van der Waals surface area contributed by atoms with E-state index in [0.717, 1.165) is 13.8 Å². The lowest BCUT2D eigenvalue weighted by molar-refractivity contribution is -0.346. The van der Waals surface area contributed by atoms with Crippen molar-refractivity contribution < 1.29 is 137 Å². The number of hydrogen-bond donors (Lipinski definition) is 12. The minimum Gasteiger partial charge on any atom is -0.461 e. The number of esters is 6. The summed E-state index contributed by atoms with van der Waals surface area (Å²) in [6.45, 7) is 5.52. The van der Waals surface area contributed by atoms with Crippen molar-refractivity contribution in [3.63, 3.8) is 0 Å². The highest BCUT2D eigenvalue weighted by atomic mass is 16.6. The quantitative estimate of drug-likeness (QED) is 0.0291. The third-order valence-corrected chi connectivity index (χ3v) is 19.9. The van der Waals surface area contributed by atoms with E-state index in [-0.39, 0.29) is 40.7 Å². The smallest absolute Gasteiger partial charge is 0.350 e. The van der Waals surface area contributed by atoms with Crippen LogP contribution in [0, 0.1) is 16.7 Å². The normalized spacial score (nSPS) is 33.3. The molecule has 21 atom stereocenters. The van der Waals surface area contributed by atoms with Crippen LogP contribution in [0.2, 0.25) is 0 Å². The monoisotopic (exact) mass is 1400 g/mol. The Kier molecular flexibility index (Phi) is 23.8. The van der Waals surface area contributed by atoms with Crippen LogP contribution in [-0.4, -0.2) is 234 Å². The van der Waals surface area contributed by atoms with Gasteiger partial charge in [-0.25, -0.2) is 9.59 Å². The SMILES string of the molecule is CC(=O)O[C@H]1C(=O)[C@@]2(C)C([C@H](OC(=O)c3ccccc3)[C@]3(O)C[C@H](OC(=O)[C@H](OC(=O)CCCC(=O)N[C@@H]4O[C@H](CO)[C@@H](O)[C@H](O)[C@H]4O)[C@@H](NC(=O)c4ccccc4)c4ccccc4)C(C)=C1C3(C)C)[C@]1(OC(C)=O)CO[C@@H]1C[C@@H]2OC(=O)CCCC(=O)N[C@@H]1O[C@H](CO)[C@@H](O)[C@H](O)[C@H]1O. The number of carbonyl (C=O) groups excluding carboxylic acids is 10. The van der Waals surface area contributed by atoms with Crippen molar-refractivity contribution in [2.24, 2.45) is 16.7 Å². The largest absolute Gasteiger partial charge is 0.461 e. The van der Waals surface area contributed by atoms with Crippen LogP contribution in [0.4, 0.5) is 0 Å². The number of ether oxygens (including phenoxy) is 9. The second kappa shape index (κ2) is 31.4. The van der Waals surface area contributed by atoms with Crippen LogP contribution in [0.3, 0.4) is 0 Å². The van der Waals surface area contributed by atoms with Crippen LogP contribution >= 0.6 is 0 Å².